The molecule has 0 saturated carbocycles. The Balaban J connectivity index is 1.27. The van der Waals surface area contributed by atoms with Crippen LogP contribution in [-0.4, -0.2) is 172 Å². The summed E-state index contributed by atoms with van der Waals surface area (Å²) in [5, 5.41) is 17.9. The molecular weight excluding hydrogens is 1030 g/mol. The second-order valence-electron chi connectivity index (χ2n) is 20.1. The second kappa shape index (κ2) is 31.9. The molecule has 76 heavy (non-hydrogen) atoms. The number of hydrogen-bond donors (Lipinski definition) is 4. The summed E-state index contributed by atoms with van der Waals surface area (Å²) in [4.78, 5) is 89.9. The summed E-state index contributed by atoms with van der Waals surface area (Å²) in [5.74, 6) is -5.26. The molecule has 0 fully saturated rings. The fraction of sp³-hybridized carbons (Fsp3) is 0.528. The number of carboxylic acids is 1. The van der Waals surface area contributed by atoms with Crippen LogP contribution < -0.4 is 16.0 Å². The quantitative estimate of drug-likeness (QED) is 0.0317. The number of nitrogens with one attached hydrogen (secondary N) is 3. The Hall–Kier alpha value is -5.98. The summed E-state index contributed by atoms with van der Waals surface area (Å²) in [6.45, 7) is 15.0. The first-order valence-electron chi connectivity index (χ1n) is 25.2. The van der Waals surface area contributed by atoms with Crippen LogP contribution >= 0.6 is 11.8 Å². The van der Waals surface area contributed by atoms with E-state index in [-0.39, 0.29) is 108 Å². The number of hydrogen-bond acceptors (Lipinski definition) is 13. The van der Waals surface area contributed by atoms with Gasteiger partial charge in [-0.05, 0) is 47.7 Å². The minimum Gasteiger partial charge on any atom is -0.480 e. The van der Waals surface area contributed by atoms with Crippen LogP contribution in [0.4, 0.5) is 13.6 Å². The standard InChI is InChI=1S/C53H74F2N6O13SSi/c1-53(2,3)50(44-31-39(41-32-40(54)13-14-42(41)55)34-59(44)33-38-11-8-7-9-12-38)60(20-10-18-57-52(69)74-29-30-76(4,5)6)49(66)37-75-36-43(51(67)68)58-45(62)17-21-70-23-25-72-27-28-73-26-24-71-22-19-56-46(63)35-61-47(64)15-16-48(61)65/h7-9,11-16,31-32,34,43,50H,10,17-30,33,35-37H2,1-6H3,(H,56,63)(H,57,69)(H,58,62)(H,67,68)/t43-,50?/m0/s1. The van der Waals surface area contributed by atoms with E-state index in [1.807, 2.05) is 55.7 Å². The zero-order chi connectivity index (χ0) is 55.7. The van der Waals surface area contributed by atoms with E-state index in [4.69, 9.17) is 23.7 Å². The number of halogens is 2. The van der Waals surface area contributed by atoms with E-state index in [0.717, 1.165) is 58.6 Å². The van der Waals surface area contributed by atoms with Gasteiger partial charge in [-0.2, -0.15) is 0 Å². The summed E-state index contributed by atoms with van der Waals surface area (Å²) < 4.78 is 59.1. The maximum atomic E-state index is 15.3. The summed E-state index contributed by atoms with van der Waals surface area (Å²) in [6.07, 6.45) is 3.60. The van der Waals surface area contributed by atoms with Crippen molar-refractivity contribution in [3.8, 4) is 11.1 Å². The minimum atomic E-state index is -1.44. The van der Waals surface area contributed by atoms with Crippen LogP contribution in [0.5, 0.6) is 0 Å². The highest BCUT2D eigenvalue weighted by Crippen LogP contribution is 2.41. The highest BCUT2D eigenvalue weighted by atomic mass is 32.2. The van der Waals surface area contributed by atoms with E-state index in [1.165, 1.54) is 0 Å². The molecule has 0 spiro atoms. The fourth-order valence-electron chi connectivity index (χ4n) is 7.71. The first-order chi connectivity index (χ1) is 36.1. The number of ether oxygens (including phenoxy) is 5. The Morgan fingerprint density at radius 3 is 2.04 bits per heavy atom. The van der Waals surface area contributed by atoms with Crippen molar-refractivity contribution in [1.29, 1.82) is 0 Å². The van der Waals surface area contributed by atoms with Crippen LogP contribution in [0.3, 0.4) is 0 Å². The number of amides is 6. The lowest BCUT2D eigenvalue weighted by atomic mass is 9.83. The predicted molar refractivity (Wildman–Crippen MR) is 285 cm³/mol. The Labute approximate surface area is 448 Å². The maximum absolute atomic E-state index is 15.3. The molecule has 0 aliphatic carbocycles. The van der Waals surface area contributed by atoms with Crippen molar-refractivity contribution in [3.05, 3.63) is 95.8 Å². The van der Waals surface area contributed by atoms with Gasteiger partial charge in [-0.3, -0.25) is 28.9 Å². The molecule has 1 aromatic heterocycles. The Kier molecular flexibility index (Phi) is 26.3. The first-order valence-corrected chi connectivity index (χ1v) is 30.1. The molecule has 1 unspecified atom stereocenters. The predicted octanol–water partition coefficient (Wildman–Crippen LogP) is 5.65. The van der Waals surface area contributed by atoms with Gasteiger partial charge in [-0.25, -0.2) is 18.4 Å². The number of alkyl carbamates (subject to hydrolysis) is 1. The number of carbonyl (C=O) groups excluding carboxylic acids is 6. The van der Waals surface area contributed by atoms with Gasteiger partial charge in [0.05, 0.1) is 71.3 Å². The minimum absolute atomic E-state index is 0.000926. The number of aliphatic carboxylic acids is 1. The first kappa shape index (κ1) is 62.6. The molecule has 4 rings (SSSR count). The van der Waals surface area contributed by atoms with Crippen LogP contribution in [-0.2, 0) is 59.0 Å². The number of aromatic nitrogens is 1. The van der Waals surface area contributed by atoms with Gasteiger partial charge in [0.15, 0.2) is 0 Å². The summed E-state index contributed by atoms with van der Waals surface area (Å²) >= 11 is 1.04. The third kappa shape index (κ3) is 22.7. The lowest BCUT2D eigenvalue weighted by molar-refractivity contribution is -0.141. The third-order valence-electron chi connectivity index (χ3n) is 11.5. The van der Waals surface area contributed by atoms with Crippen molar-refractivity contribution in [1.82, 2.24) is 30.3 Å². The highest BCUT2D eigenvalue weighted by Gasteiger charge is 2.37. The molecule has 19 nitrogen and oxygen atoms in total. The third-order valence-corrected chi connectivity index (χ3v) is 14.3. The lowest BCUT2D eigenvalue weighted by Gasteiger charge is -2.41. The zero-order valence-corrected chi connectivity index (χ0v) is 46.2. The lowest BCUT2D eigenvalue weighted by Crippen LogP contribution is -2.45. The Morgan fingerprint density at radius 2 is 1.42 bits per heavy atom. The van der Waals surface area contributed by atoms with Gasteiger partial charge in [0.25, 0.3) is 11.8 Å². The van der Waals surface area contributed by atoms with Crippen molar-refractivity contribution >= 4 is 61.4 Å². The molecule has 2 atom stereocenters. The molecule has 0 radical (unpaired) electrons. The van der Waals surface area contributed by atoms with Crippen molar-refractivity contribution in [2.45, 2.75) is 77.9 Å². The Morgan fingerprint density at radius 1 is 0.789 bits per heavy atom. The fourth-order valence-corrected chi connectivity index (χ4v) is 9.35. The van der Waals surface area contributed by atoms with Gasteiger partial charge in [-0.15, -0.1) is 11.8 Å². The van der Waals surface area contributed by atoms with E-state index in [0.29, 0.717) is 30.8 Å². The van der Waals surface area contributed by atoms with Crippen molar-refractivity contribution in [2.24, 2.45) is 5.41 Å². The molecule has 2 aromatic carbocycles. The van der Waals surface area contributed by atoms with Crippen LogP contribution in [0.1, 0.15) is 50.9 Å². The van der Waals surface area contributed by atoms with E-state index in [9.17, 15) is 43.1 Å². The molecule has 23 heteroatoms. The normalized spacial score (nSPS) is 13.4. The Bertz CT molecular complexity index is 2400. The molecular formula is C53H74F2N6O13SSi. The highest BCUT2D eigenvalue weighted by molar-refractivity contribution is 8.00. The van der Waals surface area contributed by atoms with Gasteiger partial charge in [0.2, 0.25) is 17.7 Å². The number of carboxylic acid groups (broad SMARTS) is 1. The average molecular weight is 1100 g/mol. The molecule has 3 aromatic rings. The summed E-state index contributed by atoms with van der Waals surface area (Å²) in [5.41, 5.74) is 1.39. The molecule has 0 bridgehead atoms. The van der Waals surface area contributed by atoms with Gasteiger partial charge < -0.3 is 54.2 Å². The van der Waals surface area contributed by atoms with E-state index >= 15 is 4.39 Å². The van der Waals surface area contributed by atoms with Crippen molar-refractivity contribution in [3.63, 3.8) is 0 Å². The number of rotatable bonds is 35. The molecule has 2 heterocycles. The number of carbonyl (C=O) groups is 7. The van der Waals surface area contributed by atoms with E-state index in [2.05, 4.69) is 35.6 Å². The second-order valence-corrected chi connectivity index (χ2v) is 26.7. The van der Waals surface area contributed by atoms with Gasteiger partial charge in [-0.1, -0.05) is 70.7 Å². The largest absolute Gasteiger partial charge is 0.480 e. The van der Waals surface area contributed by atoms with E-state index in [1.54, 1.807) is 17.2 Å². The van der Waals surface area contributed by atoms with Crippen LogP contribution in [0.25, 0.3) is 11.1 Å². The molecule has 0 saturated heterocycles. The average Bonchev–Trinajstić information content (AvgIpc) is 3.90. The summed E-state index contributed by atoms with van der Waals surface area (Å²) in [7, 11) is -1.44. The number of benzene rings is 2. The van der Waals surface area contributed by atoms with Gasteiger partial charge in [0, 0.05) is 81.6 Å². The van der Waals surface area contributed by atoms with Crippen LogP contribution in [0.15, 0.2) is 72.9 Å². The van der Waals surface area contributed by atoms with E-state index < -0.39 is 72.9 Å². The monoisotopic (exact) mass is 1100 g/mol. The molecule has 418 valence electrons. The van der Waals surface area contributed by atoms with Gasteiger partial charge >= 0.3 is 12.1 Å². The molecule has 4 N–H and O–H groups in total. The van der Waals surface area contributed by atoms with Crippen LogP contribution in [0.2, 0.25) is 25.7 Å². The van der Waals surface area contributed by atoms with Crippen molar-refractivity contribution in [2.75, 3.05) is 97.1 Å². The number of imide groups is 1. The maximum Gasteiger partial charge on any atom is 0.407 e. The SMILES string of the molecule is CC(C)(C)C(c1cc(-c2cc(F)ccc2F)cn1Cc1ccccc1)N(CCCNC(=O)OCC[Si](C)(C)C)C(=O)CSC[C@H](NC(=O)CCOCCOCCOCCOCCNC(=O)CN1C(=O)C=CC1=O)C(=O)O. The number of nitrogens with zero attached hydrogens (tertiary/aromatic N) is 3. The van der Waals surface area contributed by atoms with Crippen LogP contribution in [0, 0.1) is 17.0 Å². The number of thioether (sulfide) groups is 1. The molecule has 1 aliphatic rings. The zero-order valence-electron chi connectivity index (χ0n) is 44.4. The van der Waals surface area contributed by atoms with Crippen molar-refractivity contribution < 1.29 is 71.1 Å². The topological polar surface area (TPSA) is 233 Å². The van der Waals surface area contributed by atoms with Gasteiger partial charge in [0.1, 0.15) is 24.2 Å². The summed E-state index contributed by atoms with van der Waals surface area (Å²) in [6, 6.07) is 13.4. The molecule has 6 amide bonds. The smallest absolute Gasteiger partial charge is 0.407 e. The molecule has 1 aliphatic heterocycles.